The first-order valence-corrected chi connectivity index (χ1v) is 10.3. The number of rotatable bonds is 5. The Bertz CT molecular complexity index is 1380. The number of carboxylic acid groups (broad SMARTS) is 1. The second kappa shape index (κ2) is 8.08. The van der Waals surface area contributed by atoms with Crippen molar-refractivity contribution in [3.63, 3.8) is 0 Å². The van der Waals surface area contributed by atoms with Crippen LogP contribution in [0.15, 0.2) is 48.8 Å². The molecule has 2 heterocycles. The summed E-state index contributed by atoms with van der Waals surface area (Å²) in [6.45, 7) is 0. The molecule has 0 amide bonds. The molecule has 5 rings (SSSR count). The number of fused-ring (bicyclic) bond motifs is 1. The molecule has 1 saturated carbocycles. The van der Waals surface area contributed by atoms with Gasteiger partial charge in [0, 0.05) is 5.56 Å². The van der Waals surface area contributed by atoms with Gasteiger partial charge >= 0.3 is 12.1 Å². The van der Waals surface area contributed by atoms with E-state index in [0.29, 0.717) is 29.6 Å². The van der Waals surface area contributed by atoms with Crippen molar-refractivity contribution in [1.82, 2.24) is 19.9 Å². The average molecular weight is 472 g/mol. The van der Waals surface area contributed by atoms with Gasteiger partial charge in [-0.15, -0.1) is 0 Å². The molecule has 2 aromatic heterocycles. The van der Waals surface area contributed by atoms with Crippen molar-refractivity contribution in [2.75, 3.05) is 0 Å². The number of aliphatic carboxylic acids is 1. The number of aromatic nitrogens is 4. The van der Waals surface area contributed by atoms with Crippen LogP contribution in [-0.4, -0.2) is 37.1 Å². The lowest BCUT2D eigenvalue weighted by atomic mass is 9.82. The van der Waals surface area contributed by atoms with Crippen LogP contribution in [0.1, 0.15) is 18.4 Å². The van der Waals surface area contributed by atoms with Crippen LogP contribution in [0.5, 0.6) is 5.88 Å². The van der Waals surface area contributed by atoms with E-state index in [4.69, 9.17) is 9.84 Å². The zero-order valence-corrected chi connectivity index (χ0v) is 17.3. The standard InChI is InChI=1S/C23H16F4N4O3/c24-16-7-11(19-9-29-20(10-28-19)34-14-5-12(6-14)22(32)33)1-3-15(16)21-30-17-4-2-13(23(25,26)27)8-18(17)31-21/h1-4,7-10,12,14H,5-6H2,(H,30,31)(H,32,33). The van der Waals surface area contributed by atoms with Crippen LogP contribution >= 0.6 is 0 Å². The van der Waals surface area contributed by atoms with E-state index in [1.807, 2.05) is 0 Å². The van der Waals surface area contributed by atoms with Gasteiger partial charge in [-0.1, -0.05) is 6.07 Å². The number of H-pyrrole nitrogens is 1. The van der Waals surface area contributed by atoms with Gasteiger partial charge in [-0.25, -0.2) is 19.3 Å². The fourth-order valence-corrected chi connectivity index (χ4v) is 3.74. The molecule has 0 bridgehead atoms. The molecule has 34 heavy (non-hydrogen) atoms. The number of aromatic amines is 1. The summed E-state index contributed by atoms with van der Waals surface area (Å²) >= 11 is 0. The summed E-state index contributed by atoms with van der Waals surface area (Å²) in [6, 6.07) is 7.39. The molecule has 11 heteroatoms. The third kappa shape index (κ3) is 4.16. The Kier molecular flexibility index (Phi) is 5.18. The summed E-state index contributed by atoms with van der Waals surface area (Å²) in [7, 11) is 0. The lowest BCUT2D eigenvalue weighted by Gasteiger charge is -2.31. The van der Waals surface area contributed by atoms with Crippen LogP contribution in [0.25, 0.3) is 33.7 Å². The van der Waals surface area contributed by atoms with Gasteiger partial charge in [0.1, 0.15) is 17.7 Å². The minimum Gasteiger partial charge on any atom is -0.481 e. The van der Waals surface area contributed by atoms with Crippen molar-refractivity contribution in [2.24, 2.45) is 5.92 Å². The zero-order chi connectivity index (χ0) is 24.0. The number of carbonyl (C=O) groups is 1. The van der Waals surface area contributed by atoms with E-state index in [-0.39, 0.29) is 28.9 Å². The number of carboxylic acids is 1. The SMILES string of the molecule is O=C(O)C1CC(Oc2cnc(-c3ccc(-c4nc5cc(C(F)(F)F)ccc5[nH]4)c(F)c3)cn2)C1. The molecule has 4 aromatic rings. The monoisotopic (exact) mass is 472 g/mol. The first-order valence-electron chi connectivity index (χ1n) is 10.3. The molecule has 0 atom stereocenters. The highest BCUT2D eigenvalue weighted by atomic mass is 19.4. The molecule has 1 fully saturated rings. The van der Waals surface area contributed by atoms with Gasteiger partial charge in [0.2, 0.25) is 5.88 Å². The highest BCUT2D eigenvalue weighted by Gasteiger charge is 2.36. The smallest absolute Gasteiger partial charge is 0.416 e. The van der Waals surface area contributed by atoms with Crippen molar-refractivity contribution in [3.8, 4) is 28.5 Å². The summed E-state index contributed by atoms with van der Waals surface area (Å²) in [5, 5.41) is 8.91. The van der Waals surface area contributed by atoms with Crippen molar-refractivity contribution in [1.29, 1.82) is 0 Å². The van der Waals surface area contributed by atoms with Crippen LogP contribution in [0.4, 0.5) is 17.6 Å². The molecule has 0 radical (unpaired) electrons. The quantitative estimate of drug-likeness (QED) is 0.393. The highest BCUT2D eigenvalue weighted by molar-refractivity contribution is 5.80. The van der Waals surface area contributed by atoms with Crippen LogP contribution in [0.2, 0.25) is 0 Å². The minimum absolute atomic E-state index is 0.0795. The van der Waals surface area contributed by atoms with Gasteiger partial charge in [-0.05, 0) is 43.2 Å². The van der Waals surface area contributed by atoms with Gasteiger partial charge < -0.3 is 14.8 Å². The van der Waals surface area contributed by atoms with Crippen LogP contribution in [0, 0.1) is 11.7 Å². The minimum atomic E-state index is -4.50. The average Bonchev–Trinajstić information content (AvgIpc) is 3.18. The molecule has 7 nitrogen and oxygen atoms in total. The third-order valence-corrected chi connectivity index (χ3v) is 5.69. The van der Waals surface area contributed by atoms with E-state index >= 15 is 0 Å². The van der Waals surface area contributed by atoms with Gasteiger partial charge in [-0.3, -0.25) is 4.79 Å². The maximum Gasteiger partial charge on any atom is 0.416 e. The van der Waals surface area contributed by atoms with E-state index in [0.717, 1.165) is 12.1 Å². The number of halogens is 4. The van der Waals surface area contributed by atoms with E-state index in [9.17, 15) is 22.4 Å². The van der Waals surface area contributed by atoms with Crippen molar-refractivity contribution >= 4 is 17.0 Å². The Morgan fingerprint density at radius 1 is 1.09 bits per heavy atom. The number of hydrogen-bond acceptors (Lipinski definition) is 5. The van der Waals surface area contributed by atoms with Gasteiger partial charge in [0.15, 0.2) is 0 Å². The van der Waals surface area contributed by atoms with Crippen LogP contribution < -0.4 is 4.74 Å². The van der Waals surface area contributed by atoms with Crippen LogP contribution in [0.3, 0.4) is 0 Å². The number of imidazole rings is 1. The molecule has 0 saturated heterocycles. The first kappa shape index (κ1) is 21.8. The Balaban J connectivity index is 1.33. The number of ether oxygens (including phenoxy) is 1. The molecular weight excluding hydrogens is 456 g/mol. The van der Waals surface area contributed by atoms with Crippen LogP contribution in [-0.2, 0) is 11.0 Å². The van der Waals surface area contributed by atoms with Crippen molar-refractivity contribution < 1.29 is 32.2 Å². The molecular formula is C23H16F4N4O3. The number of hydrogen-bond donors (Lipinski definition) is 2. The fraction of sp³-hybridized carbons (Fsp3) is 0.217. The Hall–Kier alpha value is -4.02. The zero-order valence-electron chi connectivity index (χ0n) is 17.3. The molecule has 2 aromatic carbocycles. The Labute approximate surface area is 189 Å². The van der Waals surface area contributed by atoms with Crippen molar-refractivity contribution in [2.45, 2.75) is 25.1 Å². The lowest BCUT2D eigenvalue weighted by Crippen LogP contribution is -2.38. The maximum absolute atomic E-state index is 14.9. The lowest BCUT2D eigenvalue weighted by molar-refractivity contribution is -0.148. The number of nitrogens with one attached hydrogen (secondary N) is 1. The van der Waals surface area contributed by atoms with E-state index < -0.39 is 29.4 Å². The van der Waals surface area contributed by atoms with E-state index in [1.54, 1.807) is 6.07 Å². The predicted molar refractivity (Wildman–Crippen MR) is 112 cm³/mol. The largest absolute Gasteiger partial charge is 0.481 e. The normalized spacial score (nSPS) is 18.0. The van der Waals surface area contributed by atoms with Crippen molar-refractivity contribution in [3.05, 3.63) is 60.2 Å². The van der Waals surface area contributed by atoms with Gasteiger partial charge in [0.25, 0.3) is 0 Å². The molecule has 174 valence electrons. The van der Waals surface area contributed by atoms with Gasteiger partial charge in [-0.2, -0.15) is 13.2 Å². The predicted octanol–water partition coefficient (Wildman–Crippen LogP) is 5.09. The fourth-order valence-electron chi connectivity index (χ4n) is 3.74. The number of nitrogens with zero attached hydrogens (tertiary/aromatic N) is 3. The molecule has 2 N–H and O–H groups in total. The molecule has 0 unspecified atom stereocenters. The number of alkyl halides is 3. The Morgan fingerprint density at radius 3 is 2.53 bits per heavy atom. The first-order chi connectivity index (χ1) is 16.2. The summed E-state index contributed by atoms with van der Waals surface area (Å²) < 4.78 is 59.2. The topological polar surface area (TPSA) is 101 Å². The van der Waals surface area contributed by atoms with E-state index in [1.165, 1.54) is 30.6 Å². The maximum atomic E-state index is 14.9. The molecule has 0 spiro atoms. The van der Waals surface area contributed by atoms with E-state index in [2.05, 4.69) is 19.9 Å². The summed E-state index contributed by atoms with van der Waals surface area (Å²) in [4.78, 5) is 26.2. The summed E-state index contributed by atoms with van der Waals surface area (Å²) in [5.41, 5.74) is 0.517. The summed E-state index contributed by atoms with van der Waals surface area (Å²) in [6.07, 6.45) is -1.12. The highest BCUT2D eigenvalue weighted by Crippen LogP contribution is 2.33. The number of benzene rings is 2. The Morgan fingerprint density at radius 2 is 1.88 bits per heavy atom. The molecule has 0 aliphatic heterocycles. The second-order valence-corrected chi connectivity index (χ2v) is 8.00. The molecule has 1 aliphatic carbocycles. The second-order valence-electron chi connectivity index (χ2n) is 8.00. The van der Waals surface area contributed by atoms with Gasteiger partial charge in [0.05, 0.1) is 46.2 Å². The summed E-state index contributed by atoms with van der Waals surface area (Å²) in [5.74, 6) is -1.54. The molecule has 1 aliphatic rings. The third-order valence-electron chi connectivity index (χ3n) is 5.69.